The fraction of sp³-hybridized carbons (Fsp3) is 0.432. The molecule has 1 saturated heterocycles. The third-order valence-electron chi connectivity index (χ3n) is 8.58. The van der Waals surface area contributed by atoms with E-state index in [4.69, 9.17) is 14.2 Å². The molecule has 3 aromatic carbocycles. The Kier molecular flexibility index (Phi) is 12.2. The second kappa shape index (κ2) is 15.8. The van der Waals surface area contributed by atoms with Crippen LogP contribution in [0, 0.1) is 0 Å². The highest BCUT2D eigenvalue weighted by Crippen LogP contribution is 2.44. The quantitative estimate of drug-likeness (QED) is 0.200. The number of amides is 2. The summed E-state index contributed by atoms with van der Waals surface area (Å²) in [6.07, 6.45) is -14.1. The van der Waals surface area contributed by atoms with Crippen LogP contribution in [0.4, 0.5) is 35.9 Å². The van der Waals surface area contributed by atoms with E-state index in [2.05, 4.69) is 5.32 Å². The fourth-order valence-corrected chi connectivity index (χ4v) is 6.17. The van der Waals surface area contributed by atoms with Crippen LogP contribution in [-0.2, 0) is 43.5 Å². The number of nitrogens with one attached hydrogen (secondary N) is 1. The van der Waals surface area contributed by atoms with E-state index >= 15 is 0 Å². The molecule has 0 bridgehead atoms. The number of carbonyl (C=O) groups is 3. The van der Waals surface area contributed by atoms with Gasteiger partial charge in [0.05, 0.1) is 47.9 Å². The molecule has 282 valence electrons. The molecule has 2 N–H and O–H groups in total. The first kappa shape index (κ1) is 40.0. The fourth-order valence-electron chi connectivity index (χ4n) is 6.17. The molecule has 3 aromatic rings. The Balaban J connectivity index is 1.81. The van der Waals surface area contributed by atoms with E-state index in [1.54, 1.807) is 81.4 Å². The van der Waals surface area contributed by atoms with Gasteiger partial charge in [0.15, 0.2) is 0 Å². The van der Waals surface area contributed by atoms with Gasteiger partial charge in [-0.05, 0) is 75.4 Å². The number of ether oxygens (including phenoxy) is 3. The number of nitrogens with zero attached hydrogens (tertiary/aromatic N) is 1. The average Bonchev–Trinajstić information content (AvgIpc) is 3.06. The number of hydrogen-bond acceptors (Lipinski definition) is 6. The zero-order chi connectivity index (χ0) is 38.5. The molecule has 4 atom stereocenters. The normalized spacial score (nSPS) is 20.2. The Labute approximate surface area is 296 Å². The molecule has 2 amide bonds. The molecule has 0 aromatic heterocycles. The van der Waals surface area contributed by atoms with Gasteiger partial charge in [-0.1, -0.05) is 60.7 Å². The maximum atomic E-state index is 14.3. The third kappa shape index (κ3) is 10.2. The molecule has 1 aliphatic rings. The highest BCUT2D eigenvalue weighted by Gasteiger charge is 2.53. The van der Waals surface area contributed by atoms with Gasteiger partial charge in [-0.3, -0.25) is 9.69 Å². The molecule has 15 heteroatoms. The van der Waals surface area contributed by atoms with Crippen molar-refractivity contribution in [1.82, 2.24) is 10.2 Å². The van der Waals surface area contributed by atoms with Gasteiger partial charge in [0.1, 0.15) is 12.2 Å². The maximum absolute atomic E-state index is 14.3. The van der Waals surface area contributed by atoms with E-state index < -0.39 is 89.6 Å². The van der Waals surface area contributed by atoms with Gasteiger partial charge >= 0.3 is 30.5 Å². The summed E-state index contributed by atoms with van der Waals surface area (Å²) in [5.74, 6) is -1.33. The lowest BCUT2D eigenvalue weighted by Crippen LogP contribution is -2.67. The van der Waals surface area contributed by atoms with Crippen molar-refractivity contribution in [3.05, 3.63) is 107 Å². The van der Waals surface area contributed by atoms with Gasteiger partial charge in [-0.2, -0.15) is 26.3 Å². The van der Waals surface area contributed by atoms with Gasteiger partial charge in [-0.25, -0.2) is 9.59 Å². The minimum atomic E-state index is -5.09. The van der Waals surface area contributed by atoms with E-state index in [1.807, 2.05) is 0 Å². The molecule has 1 fully saturated rings. The zero-order valence-corrected chi connectivity index (χ0v) is 28.9. The summed E-state index contributed by atoms with van der Waals surface area (Å²) in [6, 6.07) is 15.7. The topological polar surface area (TPSA) is 114 Å². The number of likely N-dealkylation sites (tertiary alicyclic amines) is 1. The van der Waals surface area contributed by atoms with Gasteiger partial charge in [0.25, 0.3) is 0 Å². The zero-order valence-electron chi connectivity index (χ0n) is 28.9. The average molecular weight is 739 g/mol. The number of halogens is 6. The standard InChI is InChI=1S/C37H40F6N2O7/c1-23(25-17-27(36(38,39)40)19-28(18-25)37(41,42)43)51-22-35(26-13-9-6-10-14-26)16-15-29(44-32(48)52-34(2,3)4)30(20-31(46)47)45(35)33(49)50-21-24-11-7-5-8-12-24/h5-14,17-19,23,29-30H,15-16,20-22H2,1-4H3,(H,44,48)(H,46,47)/t23-,29+,30-,35-/m1/s1. The lowest BCUT2D eigenvalue weighted by molar-refractivity contribution is -0.144. The second-order valence-electron chi connectivity index (χ2n) is 13.6. The number of aliphatic carboxylic acids is 1. The summed E-state index contributed by atoms with van der Waals surface area (Å²) >= 11 is 0. The summed E-state index contributed by atoms with van der Waals surface area (Å²) < 4.78 is 99.5. The predicted octanol–water partition coefficient (Wildman–Crippen LogP) is 8.87. The molecule has 0 unspecified atom stereocenters. The van der Waals surface area contributed by atoms with Crippen molar-refractivity contribution in [3.63, 3.8) is 0 Å². The highest BCUT2D eigenvalue weighted by molar-refractivity contribution is 5.74. The number of alkyl carbamates (subject to hydrolysis) is 1. The van der Waals surface area contributed by atoms with Crippen LogP contribution in [-0.4, -0.2) is 52.5 Å². The summed E-state index contributed by atoms with van der Waals surface area (Å²) in [5.41, 5.74) is -4.94. The first-order chi connectivity index (χ1) is 24.2. The number of benzene rings is 3. The van der Waals surface area contributed by atoms with Crippen LogP contribution in [0.25, 0.3) is 0 Å². The Morgan fingerprint density at radius 2 is 1.46 bits per heavy atom. The van der Waals surface area contributed by atoms with Crippen LogP contribution in [0.15, 0.2) is 78.9 Å². The van der Waals surface area contributed by atoms with Crippen molar-refractivity contribution >= 4 is 18.2 Å². The van der Waals surface area contributed by atoms with Gasteiger partial charge in [0, 0.05) is 0 Å². The highest BCUT2D eigenvalue weighted by atomic mass is 19.4. The number of piperidine rings is 1. The van der Waals surface area contributed by atoms with Gasteiger partial charge in [0.2, 0.25) is 0 Å². The number of carboxylic acids is 1. The minimum absolute atomic E-state index is 0.00283. The number of rotatable bonds is 10. The molecule has 4 rings (SSSR count). The van der Waals surface area contributed by atoms with E-state index in [-0.39, 0.29) is 25.5 Å². The lowest BCUT2D eigenvalue weighted by Gasteiger charge is -2.53. The van der Waals surface area contributed by atoms with E-state index in [0.29, 0.717) is 23.3 Å². The molecule has 1 aliphatic heterocycles. The van der Waals surface area contributed by atoms with Crippen molar-refractivity contribution < 1.29 is 60.0 Å². The van der Waals surface area contributed by atoms with Gasteiger partial charge in [-0.15, -0.1) is 0 Å². The van der Waals surface area contributed by atoms with Crippen LogP contribution in [0.1, 0.15) is 80.9 Å². The van der Waals surface area contributed by atoms with E-state index in [0.717, 1.165) is 4.90 Å². The molecular formula is C37H40F6N2O7. The summed E-state index contributed by atoms with van der Waals surface area (Å²) in [7, 11) is 0. The number of hydrogen-bond donors (Lipinski definition) is 2. The second-order valence-corrected chi connectivity index (χ2v) is 13.6. The third-order valence-corrected chi connectivity index (χ3v) is 8.58. The predicted molar refractivity (Wildman–Crippen MR) is 176 cm³/mol. The number of carboxylic acid groups (broad SMARTS) is 1. The Morgan fingerprint density at radius 3 is 1.98 bits per heavy atom. The summed E-state index contributed by atoms with van der Waals surface area (Å²) in [4.78, 5) is 40.8. The first-order valence-electron chi connectivity index (χ1n) is 16.4. The largest absolute Gasteiger partial charge is 0.481 e. The molecule has 1 heterocycles. The molecule has 0 radical (unpaired) electrons. The van der Waals surface area contributed by atoms with Crippen LogP contribution < -0.4 is 5.32 Å². The van der Waals surface area contributed by atoms with Crippen molar-refractivity contribution in [3.8, 4) is 0 Å². The Bertz CT molecular complexity index is 1660. The van der Waals surface area contributed by atoms with Crippen molar-refractivity contribution in [2.24, 2.45) is 0 Å². The maximum Gasteiger partial charge on any atom is 0.416 e. The molecule has 0 saturated carbocycles. The van der Waals surface area contributed by atoms with Crippen molar-refractivity contribution in [2.45, 2.75) is 95.2 Å². The SMILES string of the molecule is C[C@@H](OC[C@@]1(c2ccccc2)CC[C@H](NC(=O)OC(C)(C)C)[C@@H](CC(=O)O)N1C(=O)OCc1ccccc1)c1cc(C(F)(F)F)cc(C(F)(F)F)c1. The lowest BCUT2D eigenvalue weighted by atomic mass is 9.76. The molecule has 9 nitrogen and oxygen atoms in total. The summed E-state index contributed by atoms with van der Waals surface area (Å²) in [6.45, 7) is 5.44. The summed E-state index contributed by atoms with van der Waals surface area (Å²) in [5, 5.41) is 12.7. The van der Waals surface area contributed by atoms with Crippen molar-refractivity contribution in [2.75, 3.05) is 6.61 Å². The van der Waals surface area contributed by atoms with Crippen LogP contribution in [0.5, 0.6) is 0 Å². The van der Waals surface area contributed by atoms with Crippen LogP contribution in [0.3, 0.4) is 0 Å². The Hall–Kier alpha value is -4.79. The minimum Gasteiger partial charge on any atom is -0.481 e. The molecule has 52 heavy (non-hydrogen) atoms. The molecule has 0 aliphatic carbocycles. The number of carbonyl (C=O) groups excluding carboxylic acids is 2. The van der Waals surface area contributed by atoms with E-state index in [1.165, 1.54) is 6.92 Å². The van der Waals surface area contributed by atoms with Gasteiger partial charge < -0.3 is 24.6 Å². The smallest absolute Gasteiger partial charge is 0.416 e. The monoisotopic (exact) mass is 738 g/mol. The first-order valence-corrected chi connectivity index (χ1v) is 16.4. The van der Waals surface area contributed by atoms with E-state index in [9.17, 15) is 45.8 Å². The van der Waals surface area contributed by atoms with Crippen LogP contribution >= 0.6 is 0 Å². The Morgan fingerprint density at radius 1 is 0.904 bits per heavy atom. The van der Waals surface area contributed by atoms with Crippen LogP contribution in [0.2, 0.25) is 0 Å². The number of alkyl halides is 6. The van der Waals surface area contributed by atoms with Crippen molar-refractivity contribution in [1.29, 1.82) is 0 Å². The molecule has 0 spiro atoms. The molecular weight excluding hydrogens is 698 g/mol.